The highest BCUT2D eigenvalue weighted by Crippen LogP contribution is 2.27. The van der Waals surface area contributed by atoms with Crippen LogP contribution in [-0.4, -0.2) is 41.0 Å². The first-order valence-electron chi connectivity index (χ1n) is 9.34. The second-order valence-corrected chi connectivity index (χ2v) is 6.56. The number of aromatic nitrogens is 3. The van der Waals surface area contributed by atoms with Gasteiger partial charge in [0, 0.05) is 5.69 Å². The summed E-state index contributed by atoms with van der Waals surface area (Å²) in [5, 5.41) is 12.9. The first-order valence-corrected chi connectivity index (χ1v) is 9.34. The number of aryl methyl sites for hydroxylation is 2. The van der Waals surface area contributed by atoms with E-state index in [-0.39, 0.29) is 18.3 Å². The van der Waals surface area contributed by atoms with Gasteiger partial charge in [-0.05, 0) is 55.3 Å². The van der Waals surface area contributed by atoms with Crippen molar-refractivity contribution < 1.29 is 14.3 Å². The molecule has 0 aliphatic carbocycles. The molecular weight excluding hydrogens is 400 g/mol. The van der Waals surface area contributed by atoms with Crippen LogP contribution in [0.2, 0.25) is 0 Å². The lowest BCUT2D eigenvalue weighted by atomic mass is 10.2. The highest BCUT2D eigenvalue weighted by Gasteiger charge is 2.09. The van der Waals surface area contributed by atoms with E-state index < -0.39 is 5.69 Å². The van der Waals surface area contributed by atoms with Crippen LogP contribution >= 0.6 is 0 Å². The normalized spacial score (nSPS) is 10.7. The number of aromatic amines is 1. The van der Waals surface area contributed by atoms with Gasteiger partial charge in [0.15, 0.2) is 23.9 Å². The van der Waals surface area contributed by atoms with Crippen molar-refractivity contribution >= 4 is 23.6 Å². The number of anilines is 2. The van der Waals surface area contributed by atoms with E-state index in [0.717, 1.165) is 5.56 Å². The van der Waals surface area contributed by atoms with Crippen molar-refractivity contribution in [3.05, 3.63) is 69.8 Å². The number of H-pyrrole nitrogens is 1. The van der Waals surface area contributed by atoms with Gasteiger partial charge in [0.05, 0.1) is 13.3 Å². The van der Waals surface area contributed by atoms with Gasteiger partial charge in [0.25, 0.3) is 5.91 Å². The minimum atomic E-state index is -0.571. The van der Waals surface area contributed by atoms with Crippen molar-refractivity contribution in [3.8, 4) is 11.5 Å². The van der Waals surface area contributed by atoms with Crippen LogP contribution in [0.25, 0.3) is 0 Å². The molecule has 3 aromatic rings. The molecule has 3 rings (SSSR count). The zero-order valence-corrected chi connectivity index (χ0v) is 17.3. The first-order chi connectivity index (χ1) is 14.9. The number of methoxy groups -OCH3 is 1. The summed E-state index contributed by atoms with van der Waals surface area (Å²) in [7, 11) is 1.50. The highest BCUT2D eigenvalue weighted by atomic mass is 16.5. The van der Waals surface area contributed by atoms with Gasteiger partial charge in [0.2, 0.25) is 0 Å². The van der Waals surface area contributed by atoms with Crippen LogP contribution in [0.15, 0.2) is 52.4 Å². The van der Waals surface area contributed by atoms with Gasteiger partial charge in [-0.25, -0.2) is 9.89 Å². The Morgan fingerprint density at radius 2 is 2.03 bits per heavy atom. The molecule has 0 fully saturated rings. The van der Waals surface area contributed by atoms with E-state index in [1.54, 1.807) is 25.1 Å². The van der Waals surface area contributed by atoms with Crippen LogP contribution in [-0.2, 0) is 4.79 Å². The first kappa shape index (κ1) is 21.5. The molecule has 0 spiro atoms. The number of carbonyl (C=O) groups is 1. The highest BCUT2D eigenvalue weighted by molar-refractivity contribution is 5.92. The Hall–Kier alpha value is -4.21. The summed E-state index contributed by atoms with van der Waals surface area (Å²) in [4.78, 5) is 27.1. The Labute approximate surface area is 178 Å². The molecular formula is C21H22N6O4. The van der Waals surface area contributed by atoms with Crippen LogP contribution in [0.3, 0.4) is 0 Å². The molecule has 0 aliphatic rings. The SMILES string of the molecule is COc1cc(/C=N/Nc2nc(=O)[nH]nc2C)ccc1OCC(=O)Nc1cccc(C)c1. The molecule has 1 heterocycles. The fraction of sp³-hybridized carbons (Fsp3) is 0.190. The van der Waals surface area contributed by atoms with Gasteiger partial charge in [-0.1, -0.05) is 12.1 Å². The third-order valence-corrected chi connectivity index (χ3v) is 4.11. The van der Waals surface area contributed by atoms with Crippen molar-refractivity contribution in [2.45, 2.75) is 13.8 Å². The molecule has 31 heavy (non-hydrogen) atoms. The number of nitrogens with one attached hydrogen (secondary N) is 3. The quantitative estimate of drug-likeness (QED) is 0.375. The predicted molar refractivity (Wildman–Crippen MR) is 117 cm³/mol. The number of amides is 1. The zero-order valence-electron chi connectivity index (χ0n) is 17.3. The van der Waals surface area contributed by atoms with Crippen LogP contribution in [0.5, 0.6) is 11.5 Å². The number of hydrogen-bond donors (Lipinski definition) is 3. The van der Waals surface area contributed by atoms with Gasteiger partial charge in [-0.2, -0.15) is 15.2 Å². The number of ether oxygens (including phenoxy) is 2. The summed E-state index contributed by atoms with van der Waals surface area (Å²) in [5.74, 6) is 0.839. The van der Waals surface area contributed by atoms with Gasteiger partial charge in [0.1, 0.15) is 5.69 Å². The van der Waals surface area contributed by atoms with Gasteiger partial charge in [-0.3, -0.25) is 10.2 Å². The summed E-state index contributed by atoms with van der Waals surface area (Å²) < 4.78 is 10.9. The molecule has 10 nitrogen and oxygen atoms in total. The Kier molecular flexibility index (Phi) is 6.94. The lowest BCUT2D eigenvalue weighted by molar-refractivity contribution is -0.118. The average Bonchev–Trinajstić information content (AvgIpc) is 2.75. The van der Waals surface area contributed by atoms with Crippen molar-refractivity contribution in [2.75, 3.05) is 24.5 Å². The molecule has 0 radical (unpaired) electrons. The van der Waals surface area contributed by atoms with Crippen LogP contribution < -0.4 is 25.9 Å². The van der Waals surface area contributed by atoms with Crippen molar-refractivity contribution in [3.63, 3.8) is 0 Å². The molecule has 1 aromatic heterocycles. The number of nitrogens with zero attached hydrogens (tertiary/aromatic N) is 3. The van der Waals surface area contributed by atoms with Crippen molar-refractivity contribution in [2.24, 2.45) is 5.10 Å². The number of rotatable bonds is 8. The maximum Gasteiger partial charge on any atom is 0.363 e. The van der Waals surface area contributed by atoms with Crippen molar-refractivity contribution in [1.29, 1.82) is 0 Å². The minimum Gasteiger partial charge on any atom is -0.493 e. The Morgan fingerprint density at radius 1 is 1.19 bits per heavy atom. The Bertz CT molecular complexity index is 1160. The summed E-state index contributed by atoms with van der Waals surface area (Å²) in [6.45, 7) is 3.47. The molecule has 0 aliphatic heterocycles. The average molecular weight is 422 g/mol. The summed E-state index contributed by atoms with van der Waals surface area (Å²) >= 11 is 0. The maximum absolute atomic E-state index is 12.1. The number of carbonyl (C=O) groups excluding carboxylic acids is 1. The second kappa shape index (κ2) is 10.0. The van der Waals surface area contributed by atoms with E-state index in [4.69, 9.17) is 9.47 Å². The van der Waals surface area contributed by atoms with Crippen LogP contribution in [0.1, 0.15) is 16.8 Å². The maximum atomic E-state index is 12.1. The standard InChI is InChI=1S/C21H22N6O4/c1-13-5-4-6-16(9-13)23-19(28)12-31-17-8-7-15(10-18(17)30-3)11-22-26-20-14(2)25-27-21(29)24-20/h4-11H,12H2,1-3H3,(H,23,28)(H2,24,26,27,29)/b22-11+. The van der Waals surface area contributed by atoms with Crippen LogP contribution in [0, 0.1) is 13.8 Å². The summed E-state index contributed by atoms with van der Waals surface area (Å²) in [6.07, 6.45) is 1.53. The van der Waals surface area contributed by atoms with E-state index in [1.807, 2.05) is 31.2 Å². The lowest BCUT2D eigenvalue weighted by Gasteiger charge is -2.11. The molecule has 160 valence electrons. The molecule has 3 N–H and O–H groups in total. The van der Waals surface area contributed by atoms with Crippen LogP contribution in [0.4, 0.5) is 11.5 Å². The largest absolute Gasteiger partial charge is 0.493 e. The van der Waals surface area contributed by atoms with Crippen molar-refractivity contribution in [1.82, 2.24) is 15.2 Å². The molecule has 0 atom stereocenters. The third kappa shape index (κ3) is 6.13. The number of benzene rings is 2. The molecule has 0 bridgehead atoms. The topological polar surface area (TPSA) is 131 Å². The molecule has 2 aromatic carbocycles. The third-order valence-electron chi connectivity index (χ3n) is 4.11. The predicted octanol–water partition coefficient (Wildman–Crippen LogP) is 2.25. The van der Waals surface area contributed by atoms with E-state index >= 15 is 0 Å². The molecule has 0 saturated heterocycles. The van der Waals surface area contributed by atoms with Gasteiger partial charge < -0.3 is 14.8 Å². The molecule has 0 unspecified atom stereocenters. The zero-order chi connectivity index (χ0) is 22.2. The number of hydrazone groups is 1. The van der Waals surface area contributed by atoms with E-state index in [1.165, 1.54) is 13.3 Å². The smallest absolute Gasteiger partial charge is 0.363 e. The minimum absolute atomic E-state index is 0.167. The molecule has 10 heteroatoms. The summed E-state index contributed by atoms with van der Waals surface area (Å²) in [5.41, 5.74) is 5.07. The fourth-order valence-corrected chi connectivity index (χ4v) is 2.61. The Morgan fingerprint density at radius 3 is 2.81 bits per heavy atom. The van der Waals surface area contributed by atoms with Gasteiger partial charge in [-0.15, -0.1) is 0 Å². The van der Waals surface area contributed by atoms with E-state index in [2.05, 4.69) is 31.0 Å². The summed E-state index contributed by atoms with van der Waals surface area (Å²) in [6, 6.07) is 12.6. The molecule has 0 saturated carbocycles. The fourth-order valence-electron chi connectivity index (χ4n) is 2.61. The van der Waals surface area contributed by atoms with Gasteiger partial charge >= 0.3 is 5.69 Å². The Balaban J connectivity index is 1.60. The number of hydrogen-bond acceptors (Lipinski definition) is 8. The monoisotopic (exact) mass is 422 g/mol. The van der Waals surface area contributed by atoms with E-state index in [9.17, 15) is 9.59 Å². The molecule has 1 amide bonds. The lowest BCUT2D eigenvalue weighted by Crippen LogP contribution is -2.20. The second-order valence-electron chi connectivity index (χ2n) is 6.56. The van der Waals surface area contributed by atoms with E-state index in [0.29, 0.717) is 28.4 Å².